The van der Waals surface area contributed by atoms with Gasteiger partial charge in [-0.1, -0.05) is 95.9 Å². The summed E-state index contributed by atoms with van der Waals surface area (Å²) in [7, 11) is 0. The molecule has 3 aliphatic rings. The first-order valence-corrected chi connectivity index (χ1v) is 37.3. The first-order valence-electron chi connectivity index (χ1n) is 37.3. The van der Waals surface area contributed by atoms with E-state index in [4.69, 9.17) is 23.7 Å². The molecule has 3 fully saturated rings. The van der Waals surface area contributed by atoms with Gasteiger partial charge >= 0.3 is 36.2 Å². The highest BCUT2D eigenvalue weighted by molar-refractivity contribution is 5.92. The summed E-state index contributed by atoms with van der Waals surface area (Å²) in [5.74, 6) is -1.21. The number of ether oxygens (including phenoxy) is 5. The number of hydrogen-bond acceptors (Lipinski definition) is 24. The van der Waals surface area contributed by atoms with Gasteiger partial charge in [-0.2, -0.15) is 29.9 Å². The van der Waals surface area contributed by atoms with Crippen molar-refractivity contribution in [2.45, 2.75) is 246 Å². The van der Waals surface area contributed by atoms with E-state index in [9.17, 15) is 54.2 Å². The maximum Gasteiger partial charge on any atom is 0.417 e. The smallest absolute Gasteiger partial charge is 0.417 e. The number of imidazole rings is 3. The molecule has 0 atom stereocenters. The number of nitrogens with one attached hydrogen (secondary N) is 2. The Kier molecular flexibility index (Phi) is 28.1. The van der Waals surface area contributed by atoms with E-state index < -0.39 is 64.5 Å². The van der Waals surface area contributed by atoms with E-state index >= 15 is 0 Å². The van der Waals surface area contributed by atoms with E-state index in [0.717, 1.165) is 82.6 Å². The number of benzene rings is 2. The minimum absolute atomic E-state index is 0.0649. The van der Waals surface area contributed by atoms with Gasteiger partial charge in [-0.15, -0.1) is 0 Å². The molecule has 2 aromatic carbocycles. The molecular weight excluding hydrogens is 1410 g/mol. The van der Waals surface area contributed by atoms with Gasteiger partial charge in [0.2, 0.25) is 17.8 Å². The predicted octanol–water partition coefficient (Wildman–Crippen LogP) is 14.2. The van der Waals surface area contributed by atoms with Crippen molar-refractivity contribution in [3.63, 3.8) is 0 Å². The van der Waals surface area contributed by atoms with Gasteiger partial charge in [0.15, 0.2) is 45.1 Å². The van der Waals surface area contributed by atoms with Crippen molar-refractivity contribution >= 4 is 105 Å². The number of anilines is 5. The zero-order chi connectivity index (χ0) is 78.7. The minimum Gasteiger partial charge on any atom is -0.480 e. The fourth-order valence-electron chi connectivity index (χ4n) is 12.5. The number of rotatable bonds is 27. The third-order valence-corrected chi connectivity index (χ3v) is 17.7. The van der Waals surface area contributed by atoms with Crippen LogP contribution in [0.15, 0.2) is 67.5 Å². The van der Waals surface area contributed by atoms with E-state index in [0.29, 0.717) is 66.2 Å². The van der Waals surface area contributed by atoms with Gasteiger partial charge in [0.25, 0.3) is 11.6 Å². The molecule has 1 aliphatic heterocycles. The quantitative estimate of drug-likeness (QED) is 0.0138. The van der Waals surface area contributed by atoms with Crippen molar-refractivity contribution in [1.29, 1.82) is 0 Å². The van der Waals surface area contributed by atoms with Crippen LogP contribution >= 0.6 is 0 Å². The minimum atomic E-state index is -1.12. The number of carboxylic acids is 3. The Hall–Kier alpha value is -10.9. The number of unbranched alkanes of at least 4 members (excludes halogenated alkanes) is 4. The maximum atomic E-state index is 13.6. The summed E-state index contributed by atoms with van der Waals surface area (Å²) in [5, 5.41) is 46.0. The lowest BCUT2D eigenvalue weighted by Gasteiger charge is -2.27. The second-order valence-corrected chi connectivity index (χ2v) is 30.2. The summed E-state index contributed by atoms with van der Waals surface area (Å²) in [6.07, 6.45) is 19.8. The normalized spacial score (nSPS) is 14.4. The number of carboxylic acid groups (broad SMARTS) is 3. The van der Waals surface area contributed by atoms with Crippen LogP contribution in [-0.2, 0) is 59.5 Å². The number of carbonyl (C=O) groups excluding carboxylic acids is 3. The Labute approximate surface area is 631 Å². The topological polar surface area (TPSA) is 417 Å². The molecule has 6 aromatic heterocycles. The van der Waals surface area contributed by atoms with Gasteiger partial charge in [0, 0.05) is 50.5 Å². The van der Waals surface area contributed by atoms with Crippen molar-refractivity contribution in [2.24, 2.45) is 0 Å². The van der Waals surface area contributed by atoms with Crippen LogP contribution in [0.1, 0.15) is 202 Å². The van der Waals surface area contributed by atoms with Crippen LogP contribution in [0.2, 0.25) is 0 Å². The number of carbonyl (C=O) groups is 6. The van der Waals surface area contributed by atoms with Crippen LogP contribution in [0.5, 0.6) is 11.6 Å². The van der Waals surface area contributed by atoms with Crippen molar-refractivity contribution in [3.8, 4) is 11.6 Å². The zero-order valence-electron chi connectivity index (χ0n) is 64.1. The summed E-state index contributed by atoms with van der Waals surface area (Å²) in [6, 6.07) is 13.9. The number of fused-ring (bicyclic) bond motifs is 3. The van der Waals surface area contributed by atoms with Gasteiger partial charge in [0.1, 0.15) is 42.2 Å². The fraction of sp³-hybridized carbons (Fsp3) is 0.560. The molecule has 2 saturated carbocycles. The Morgan fingerprint density at radius 1 is 0.523 bits per heavy atom. The molecule has 3 amide bonds. The van der Waals surface area contributed by atoms with Crippen molar-refractivity contribution in [3.05, 3.63) is 88.8 Å². The first kappa shape index (κ1) is 82.1. The first-order chi connectivity index (χ1) is 51.8. The van der Waals surface area contributed by atoms with E-state index in [1.807, 2.05) is 32.9 Å². The van der Waals surface area contributed by atoms with Crippen molar-refractivity contribution < 1.29 is 72.7 Å². The van der Waals surface area contributed by atoms with E-state index in [1.54, 1.807) is 41.5 Å². The van der Waals surface area contributed by atoms with Gasteiger partial charge in [0.05, 0.1) is 30.5 Å². The van der Waals surface area contributed by atoms with Gasteiger partial charge in [-0.25, -0.2) is 44.0 Å². The number of aliphatic carboxylic acids is 3. The molecule has 0 radical (unpaired) electrons. The van der Waals surface area contributed by atoms with Crippen LogP contribution in [0.3, 0.4) is 0 Å². The summed E-state index contributed by atoms with van der Waals surface area (Å²) in [6.45, 7) is 21.4. The Morgan fingerprint density at radius 2 is 0.927 bits per heavy atom. The zero-order valence-corrected chi connectivity index (χ0v) is 64.1. The monoisotopic (exact) mass is 1510 g/mol. The Bertz CT molecular complexity index is 4430. The lowest BCUT2D eigenvalue weighted by Crippen LogP contribution is -2.39. The van der Waals surface area contributed by atoms with Crippen LogP contribution < -0.4 is 30.1 Å². The molecule has 109 heavy (non-hydrogen) atoms. The average molecular weight is 1510 g/mol. The number of non-ortho nitro benzene ring substituents is 1. The fourth-order valence-corrected chi connectivity index (χ4v) is 12.5. The van der Waals surface area contributed by atoms with E-state index in [-0.39, 0.29) is 78.0 Å². The number of aromatic nitrogens is 12. The maximum absolute atomic E-state index is 13.6. The van der Waals surface area contributed by atoms with Gasteiger partial charge < -0.3 is 63.3 Å². The third-order valence-electron chi connectivity index (χ3n) is 17.7. The summed E-state index contributed by atoms with van der Waals surface area (Å²) < 4.78 is 32.6. The Morgan fingerprint density at radius 3 is 1.35 bits per heavy atom. The van der Waals surface area contributed by atoms with E-state index in [1.165, 1.54) is 109 Å². The van der Waals surface area contributed by atoms with Crippen LogP contribution in [0.25, 0.3) is 33.5 Å². The highest BCUT2D eigenvalue weighted by Gasteiger charge is 2.33. The molecule has 2 aliphatic carbocycles. The van der Waals surface area contributed by atoms with Crippen LogP contribution in [0.4, 0.5) is 49.6 Å². The number of nitrogens with zero attached hydrogens (tertiary/aromatic N) is 16. The molecule has 0 bridgehead atoms. The van der Waals surface area contributed by atoms with Gasteiger partial charge in [-0.05, 0) is 143 Å². The van der Waals surface area contributed by atoms with Crippen LogP contribution in [0, 0.1) is 10.1 Å². The molecule has 0 spiro atoms. The molecule has 34 heteroatoms. The molecule has 5 N–H and O–H groups in total. The lowest BCUT2D eigenvalue weighted by molar-refractivity contribution is -0.384. The number of nitro groups is 1. The molecule has 0 unspecified atom stereocenters. The molecule has 1 saturated heterocycles. The predicted molar refractivity (Wildman–Crippen MR) is 406 cm³/mol. The number of nitro benzene ring substituents is 1. The highest BCUT2D eigenvalue weighted by atomic mass is 16.6. The van der Waals surface area contributed by atoms with E-state index in [2.05, 4.69) is 81.5 Å². The van der Waals surface area contributed by atoms with Crippen molar-refractivity contribution in [2.75, 3.05) is 51.6 Å². The second kappa shape index (κ2) is 37.3. The average Bonchev–Trinajstić information content (AvgIpc) is 1.74. The molecular formula is C75H102N18O16. The summed E-state index contributed by atoms with van der Waals surface area (Å²) >= 11 is 0. The SMILES string of the molecule is CC(C)(C)OC(=O)N(Cc1ccc(C2CCCCC2)cc1)c1nc(Oc2ccc([N+](=O)[O-])cc2)c2ncn(CC(=O)O)c2n1.CCCCCN(C(=O)OC(C)(C)C)c1nc(NC2CCCC2)c2ncn(CC(=O)O)c2n1.CCCCCN(C(=O)OC(C)(C)C)c1nc(NC2CCOCC2)c2ncn(CC(=O)O)c2n1. The molecule has 588 valence electrons. The molecule has 8 aromatic rings. The standard InChI is InChI=1S/C31H34N6O7.C22H34N6O5.C22H34N6O4/c1-31(2,3)44-30(40)36(17-20-9-11-22(12-10-20)21-7-5-4-6-8-21)29-33-27-26(32-19-35(27)18-25(38)39)28(34-29)43-24-15-13-23(14-16-24)37(41)42;1-5-6-7-10-28(21(31)33-22(2,3)4)20-25-18(24-15-8-11-32-12-9-15)17-19(26-20)27(14-23-17)13-16(29)30;1-5-6-9-12-28(21(31)32-22(2,3)4)20-25-18(24-15-10-7-8-11-15)17-19(26-20)27(14-23-17)13-16(29)30/h9-16,19,21H,4-8,17-18H2,1-3H3,(H,38,39);14-15H,5-13H2,1-4H3,(H,29,30)(H,24,25,26);14-15H,5-13H2,1-4H3,(H,29,30)(H,24,25,26). The lowest BCUT2D eigenvalue weighted by atomic mass is 9.84. The molecule has 11 rings (SSSR count). The second-order valence-electron chi connectivity index (χ2n) is 30.2. The van der Waals surface area contributed by atoms with Crippen molar-refractivity contribution in [1.82, 2.24) is 58.6 Å². The third kappa shape index (κ3) is 23.8. The highest BCUT2D eigenvalue weighted by Crippen LogP contribution is 2.36. The number of hydrogen-bond donors (Lipinski definition) is 5. The molecule has 34 nitrogen and oxygen atoms in total. The largest absolute Gasteiger partial charge is 0.480 e. The number of amides is 3. The van der Waals surface area contributed by atoms with Gasteiger partial charge in [-0.3, -0.25) is 24.5 Å². The molecule has 7 heterocycles. The summed E-state index contributed by atoms with van der Waals surface area (Å²) in [5.41, 5.74) is 1.74. The van der Waals surface area contributed by atoms with Crippen LogP contribution in [-0.4, -0.2) is 170 Å². The Balaban J connectivity index is 0.000000192. The summed E-state index contributed by atoms with van der Waals surface area (Å²) in [4.78, 5) is 129.